The molecule has 32 heavy (non-hydrogen) atoms. The van der Waals surface area contributed by atoms with Gasteiger partial charge in [0.2, 0.25) is 11.8 Å². The minimum absolute atomic E-state index is 0.0176. The van der Waals surface area contributed by atoms with Crippen LogP contribution in [0.1, 0.15) is 18.9 Å². The van der Waals surface area contributed by atoms with Gasteiger partial charge in [0.1, 0.15) is 12.2 Å². The van der Waals surface area contributed by atoms with E-state index in [0.717, 1.165) is 0 Å². The van der Waals surface area contributed by atoms with Gasteiger partial charge in [0, 0.05) is 0 Å². The molecule has 0 atom stereocenters. The van der Waals surface area contributed by atoms with Crippen molar-refractivity contribution in [2.24, 2.45) is 5.10 Å². The fourth-order valence-electron chi connectivity index (χ4n) is 2.41. The normalized spacial score (nSPS) is 10.5. The first kappa shape index (κ1) is 24.8. The number of anilines is 1. The molecule has 0 saturated heterocycles. The summed E-state index contributed by atoms with van der Waals surface area (Å²) in [5, 5.41) is 6.10. The molecule has 0 heterocycles. The monoisotopic (exact) mass is 509 g/mol. The average Bonchev–Trinajstić information content (AvgIpc) is 2.74. The van der Waals surface area contributed by atoms with Gasteiger partial charge in [-0.3, -0.25) is 9.59 Å². The molecule has 0 aromatic heterocycles. The van der Waals surface area contributed by atoms with E-state index in [2.05, 4.69) is 31.8 Å². The molecule has 0 unspecified atom stereocenters. The minimum Gasteiger partial charge on any atom is -0.493 e. The molecule has 9 nitrogen and oxygen atoms in total. The first-order chi connectivity index (χ1) is 15.3. The third-order valence-electron chi connectivity index (χ3n) is 3.76. The van der Waals surface area contributed by atoms with Crippen LogP contribution in [0.5, 0.6) is 11.5 Å². The molecule has 0 aliphatic carbocycles. The van der Waals surface area contributed by atoms with Crippen molar-refractivity contribution in [3.8, 4) is 11.5 Å². The van der Waals surface area contributed by atoms with Gasteiger partial charge in [0.15, 0.2) is 18.1 Å². The van der Waals surface area contributed by atoms with Crippen LogP contribution in [-0.2, 0) is 19.1 Å². The summed E-state index contributed by atoms with van der Waals surface area (Å²) in [4.78, 5) is 35.2. The predicted octanol–water partition coefficient (Wildman–Crippen LogP) is 3.02. The first-order valence-electron chi connectivity index (χ1n) is 9.36. The number of nitrogens with zero attached hydrogens (tertiary/aromatic N) is 1. The summed E-state index contributed by atoms with van der Waals surface area (Å²) in [5.41, 5.74) is 2.73. The lowest BCUT2D eigenvalue weighted by molar-refractivity contribution is -0.145. The third kappa shape index (κ3) is 7.65. The Morgan fingerprint density at radius 3 is 2.62 bits per heavy atom. The van der Waals surface area contributed by atoms with Crippen molar-refractivity contribution in [2.75, 3.05) is 25.6 Å². The number of nitrogens with one attached hydrogen (secondary N) is 2. The molecule has 0 saturated carbocycles. The van der Waals surface area contributed by atoms with E-state index in [-0.39, 0.29) is 18.9 Å². The van der Waals surface area contributed by atoms with Gasteiger partial charge in [-0.1, -0.05) is 12.1 Å². The molecule has 0 radical (unpaired) electrons. The molecule has 11 heteroatoms. The van der Waals surface area contributed by atoms with Gasteiger partial charge in [-0.15, -0.1) is 0 Å². The van der Waals surface area contributed by atoms with E-state index in [4.69, 9.17) is 14.2 Å². The zero-order chi connectivity index (χ0) is 23.5. The lowest BCUT2D eigenvalue weighted by Crippen LogP contribution is -2.24. The number of hydrogen-bond donors (Lipinski definition) is 2. The van der Waals surface area contributed by atoms with Crippen LogP contribution in [0.4, 0.5) is 10.1 Å². The van der Waals surface area contributed by atoms with Crippen molar-refractivity contribution in [2.45, 2.75) is 13.3 Å². The predicted molar refractivity (Wildman–Crippen MR) is 118 cm³/mol. The summed E-state index contributed by atoms with van der Waals surface area (Å²) < 4.78 is 29.5. The van der Waals surface area contributed by atoms with Crippen molar-refractivity contribution in [1.82, 2.24) is 5.43 Å². The highest BCUT2D eigenvalue weighted by molar-refractivity contribution is 9.10. The SMILES string of the molecule is CCOC(=O)COc1c(Br)cc(C=NNC(=O)CC(=O)Nc2ccccc2F)cc1OC. The Morgan fingerprint density at radius 2 is 1.94 bits per heavy atom. The van der Waals surface area contributed by atoms with E-state index >= 15 is 0 Å². The number of benzene rings is 2. The van der Waals surface area contributed by atoms with Gasteiger partial charge in [0.05, 0.1) is 30.1 Å². The number of rotatable bonds is 10. The number of hydrogen-bond acceptors (Lipinski definition) is 7. The summed E-state index contributed by atoms with van der Waals surface area (Å²) in [6.45, 7) is 1.64. The standard InChI is InChI=1S/C21H21BrFN3O6/c1-3-31-20(29)12-32-21-14(22)8-13(9-17(21)30-2)11-24-26-19(28)10-18(27)25-16-7-5-4-6-15(16)23/h4-9,11H,3,10,12H2,1-2H3,(H,25,27)(H,26,28). The Labute approximate surface area is 192 Å². The number of esters is 1. The number of ether oxygens (including phenoxy) is 3. The van der Waals surface area contributed by atoms with Crippen molar-refractivity contribution >= 4 is 45.6 Å². The number of hydrazone groups is 1. The molecule has 2 aromatic carbocycles. The summed E-state index contributed by atoms with van der Waals surface area (Å²) >= 11 is 3.33. The maximum atomic E-state index is 13.5. The fourth-order valence-corrected chi connectivity index (χ4v) is 2.98. The van der Waals surface area contributed by atoms with Crippen LogP contribution in [0.2, 0.25) is 0 Å². The largest absolute Gasteiger partial charge is 0.493 e. The van der Waals surface area contributed by atoms with Gasteiger partial charge in [-0.05, 0) is 52.7 Å². The first-order valence-corrected chi connectivity index (χ1v) is 10.2. The quantitative estimate of drug-likeness (QED) is 0.220. The molecule has 0 aliphatic rings. The second-order valence-electron chi connectivity index (χ2n) is 6.13. The van der Waals surface area contributed by atoms with Crippen molar-refractivity contribution in [3.63, 3.8) is 0 Å². The van der Waals surface area contributed by atoms with E-state index in [0.29, 0.717) is 21.5 Å². The van der Waals surface area contributed by atoms with Crippen LogP contribution in [-0.4, -0.2) is 44.3 Å². The molecule has 2 N–H and O–H groups in total. The van der Waals surface area contributed by atoms with E-state index < -0.39 is 30.0 Å². The molecule has 0 spiro atoms. The molecule has 0 bridgehead atoms. The molecule has 0 fully saturated rings. The summed E-state index contributed by atoms with van der Waals surface area (Å²) in [6.07, 6.45) is 0.786. The molecule has 2 amide bonds. The molecular formula is C21H21BrFN3O6. The summed E-state index contributed by atoms with van der Waals surface area (Å²) in [5.74, 6) is -1.87. The number of carbonyl (C=O) groups excluding carboxylic acids is 3. The second kappa shape index (κ2) is 12.4. The highest BCUT2D eigenvalue weighted by Crippen LogP contribution is 2.36. The third-order valence-corrected chi connectivity index (χ3v) is 4.35. The minimum atomic E-state index is -0.685. The zero-order valence-corrected chi connectivity index (χ0v) is 18.9. The lowest BCUT2D eigenvalue weighted by atomic mass is 10.2. The molecule has 2 rings (SSSR count). The van der Waals surface area contributed by atoms with Crippen LogP contribution in [0.25, 0.3) is 0 Å². The van der Waals surface area contributed by atoms with Gasteiger partial charge in [-0.2, -0.15) is 5.10 Å². The van der Waals surface area contributed by atoms with Crippen molar-refractivity contribution in [1.29, 1.82) is 0 Å². The molecule has 170 valence electrons. The van der Waals surface area contributed by atoms with Gasteiger partial charge in [-0.25, -0.2) is 14.6 Å². The number of carbonyl (C=O) groups is 3. The fraction of sp³-hybridized carbons (Fsp3) is 0.238. The molecular weight excluding hydrogens is 489 g/mol. The molecule has 0 aliphatic heterocycles. The number of para-hydroxylation sites is 1. The zero-order valence-electron chi connectivity index (χ0n) is 17.3. The highest BCUT2D eigenvalue weighted by atomic mass is 79.9. The van der Waals surface area contributed by atoms with Crippen molar-refractivity contribution < 1.29 is 33.0 Å². The summed E-state index contributed by atoms with van der Waals surface area (Å²) in [6, 6.07) is 8.82. The maximum Gasteiger partial charge on any atom is 0.344 e. The number of amides is 2. The van der Waals surface area contributed by atoms with E-state index in [1.165, 1.54) is 31.5 Å². The topological polar surface area (TPSA) is 115 Å². The Bertz CT molecular complexity index is 1020. The number of methoxy groups -OCH3 is 1. The van der Waals surface area contributed by atoms with Crippen LogP contribution in [0.3, 0.4) is 0 Å². The average molecular weight is 510 g/mol. The second-order valence-corrected chi connectivity index (χ2v) is 6.98. The van der Waals surface area contributed by atoms with E-state index in [1.807, 2.05) is 0 Å². The van der Waals surface area contributed by atoms with Crippen LogP contribution in [0, 0.1) is 5.82 Å². The van der Waals surface area contributed by atoms with E-state index in [9.17, 15) is 18.8 Å². The van der Waals surface area contributed by atoms with Crippen molar-refractivity contribution in [3.05, 3.63) is 52.3 Å². The van der Waals surface area contributed by atoms with Gasteiger partial charge in [0.25, 0.3) is 0 Å². The van der Waals surface area contributed by atoms with Gasteiger partial charge >= 0.3 is 5.97 Å². The lowest BCUT2D eigenvalue weighted by Gasteiger charge is -2.13. The Kier molecular flexibility index (Phi) is 9.61. The molecule has 2 aromatic rings. The Hall–Kier alpha value is -3.47. The van der Waals surface area contributed by atoms with Crippen LogP contribution < -0.4 is 20.2 Å². The number of halogens is 2. The maximum absolute atomic E-state index is 13.5. The van der Waals surface area contributed by atoms with Gasteiger partial charge < -0.3 is 19.5 Å². The van der Waals surface area contributed by atoms with E-state index in [1.54, 1.807) is 25.1 Å². The van der Waals surface area contributed by atoms with Crippen LogP contribution in [0.15, 0.2) is 46.0 Å². The Balaban J connectivity index is 1.93. The van der Waals surface area contributed by atoms with Crippen LogP contribution >= 0.6 is 15.9 Å². The highest BCUT2D eigenvalue weighted by Gasteiger charge is 2.14. The smallest absolute Gasteiger partial charge is 0.344 e. The summed E-state index contributed by atoms with van der Waals surface area (Å²) in [7, 11) is 1.43. The Morgan fingerprint density at radius 1 is 1.19 bits per heavy atom.